The molecule has 5 atom stereocenters. The molecule has 4 rings (SSSR count). The van der Waals surface area contributed by atoms with Crippen molar-refractivity contribution in [1.82, 2.24) is 20.9 Å². The van der Waals surface area contributed by atoms with Crippen LogP contribution in [0.2, 0.25) is 0 Å². The second kappa shape index (κ2) is 20.3. The van der Waals surface area contributed by atoms with Gasteiger partial charge in [0.05, 0.1) is 36.4 Å². The van der Waals surface area contributed by atoms with Crippen LogP contribution in [0.4, 0.5) is 4.79 Å². The van der Waals surface area contributed by atoms with E-state index in [2.05, 4.69) is 20.9 Å². The summed E-state index contributed by atoms with van der Waals surface area (Å²) < 4.78 is 10.8. The zero-order valence-corrected chi connectivity index (χ0v) is 31.1. The topological polar surface area (TPSA) is 156 Å². The predicted molar refractivity (Wildman–Crippen MR) is 201 cm³/mol. The summed E-state index contributed by atoms with van der Waals surface area (Å²) in [4.78, 5) is 58.1. The summed E-state index contributed by atoms with van der Waals surface area (Å²) in [5.41, 5.74) is 3.83. The molecular formula is C40H50N4O7S. The number of nitrogens with one attached hydrogen (secondary N) is 3. The molecule has 0 aliphatic heterocycles. The van der Waals surface area contributed by atoms with Gasteiger partial charge in [-0.3, -0.25) is 14.4 Å². The molecule has 0 saturated heterocycles. The number of fused-ring (bicyclic) bond motifs is 1. The fraction of sp³-hybridized carbons (Fsp3) is 0.425. The Kier molecular flexibility index (Phi) is 15.6. The Morgan fingerprint density at radius 1 is 0.827 bits per heavy atom. The fourth-order valence-corrected chi connectivity index (χ4v) is 6.24. The average Bonchev–Trinajstić information content (AvgIpc) is 3.65. The van der Waals surface area contributed by atoms with Crippen molar-refractivity contribution in [3.63, 3.8) is 0 Å². The highest BCUT2D eigenvalue weighted by Crippen LogP contribution is 2.21. The molecule has 3 unspecified atom stereocenters. The third-order valence-corrected chi connectivity index (χ3v) is 9.41. The summed E-state index contributed by atoms with van der Waals surface area (Å²) in [6, 6.07) is 19.7. The van der Waals surface area contributed by atoms with Gasteiger partial charge in [0.1, 0.15) is 18.7 Å². The van der Waals surface area contributed by atoms with Gasteiger partial charge in [0, 0.05) is 18.2 Å². The Labute approximate surface area is 309 Å². The summed E-state index contributed by atoms with van der Waals surface area (Å²) in [6.07, 6.45) is -0.896. The maximum absolute atomic E-state index is 14.1. The number of thiazole rings is 1. The minimum atomic E-state index is -1.22. The van der Waals surface area contributed by atoms with Crippen molar-refractivity contribution in [2.45, 2.75) is 90.6 Å². The van der Waals surface area contributed by atoms with E-state index in [4.69, 9.17) is 9.47 Å². The van der Waals surface area contributed by atoms with E-state index in [0.717, 1.165) is 28.3 Å². The molecule has 12 heteroatoms. The van der Waals surface area contributed by atoms with Crippen molar-refractivity contribution in [3.05, 3.63) is 101 Å². The molecule has 4 aromatic rings. The Hall–Kier alpha value is -4.81. The van der Waals surface area contributed by atoms with Crippen LogP contribution in [0, 0.1) is 11.8 Å². The molecule has 0 fully saturated rings. The van der Waals surface area contributed by atoms with Gasteiger partial charge in [-0.05, 0) is 40.2 Å². The number of aliphatic hydroxyl groups is 1. The number of carbonyl (C=O) groups is 4. The van der Waals surface area contributed by atoms with Crippen molar-refractivity contribution < 1.29 is 33.8 Å². The summed E-state index contributed by atoms with van der Waals surface area (Å²) in [6.45, 7) is 8.12. The van der Waals surface area contributed by atoms with Crippen molar-refractivity contribution >= 4 is 46.0 Å². The van der Waals surface area contributed by atoms with Gasteiger partial charge in [0.15, 0.2) is 0 Å². The van der Waals surface area contributed by atoms with E-state index in [1.807, 2.05) is 100 Å². The van der Waals surface area contributed by atoms with Gasteiger partial charge in [0.25, 0.3) is 0 Å². The molecule has 3 amide bonds. The van der Waals surface area contributed by atoms with Crippen molar-refractivity contribution in [3.8, 4) is 0 Å². The van der Waals surface area contributed by atoms with Crippen LogP contribution in [0.15, 0.2) is 83.7 Å². The number of hydrogen-bond donors (Lipinski definition) is 4. The second-order valence-corrected chi connectivity index (χ2v) is 14.3. The van der Waals surface area contributed by atoms with Crippen LogP contribution in [0.3, 0.4) is 0 Å². The van der Waals surface area contributed by atoms with Crippen molar-refractivity contribution in [2.75, 3.05) is 6.61 Å². The van der Waals surface area contributed by atoms with Crippen LogP contribution in [0.25, 0.3) is 10.8 Å². The molecular weight excluding hydrogens is 681 g/mol. The Morgan fingerprint density at radius 3 is 2.23 bits per heavy atom. The van der Waals surface area contributed by atoms with Crippen molar-refractivity contribution in [1.29, 1.82) is 0 Å². The number of aliphatic hydroxyl groups excluding tert-OH is 1. The standard InChI is InChI=1S/C40H50N4O7S/c1-5-27(4)22-50-37(46)21-36(45)33(18-26(2)3)42-39(48)35(20-31-24-52-25-41-31)43-38(47)34(44-40(49)51-23-28-12-7-6-8-13-28)19-30-16-11-15-29-14-9-10-17-32(29)30/h6-17,24-27,33-36,45H,5,18-23H2,1-4H3,(H,42,48)(H,43,47)(H,44,49)/t27?,33?,34-,35-,36?/m0/s1. The first kappa shape index (κ1) is 40.0. The SMILES string of the molecule is CCC(C)COC(=O)CC(O)C(CC(C)C)NC(=O)[C@H](Cc1cscn1)NC(=O)[C@H](Cc1cccc2ccccc12)NC(=O)OCc1ccccc1. The molecule has 278 valence electrons. The number of hydrogen-bond acceptors (Lipinski definition) is 9. The maximum atomic E-state index is 14.1. The predicted octanol–water partition coefficient (Wildman–Crippen LogP) is 5.73. The lowest BCUT2D eigenvalue weighted by Gasteiger charge is -2.28. The second-order valence-electron chi connectivity index (χ2n) is 13.6. The van der Waals surface area contributed by atoms with E-state index in [1.165, 1.54) is 11.3 Å². The lowest BCUT2D eigenvalue weighted by molar-refractivity contribution is -0.148. The van der Waals surface area contributed by atoms with Crippen LogP contribution < -0.4 is 16.0 Å². The number of alkyl carbamates (subject to hydrolysis) is 1. The fourth-order valence-electron chi connectivity index (χ4n) is 5.66. The third kappa shape index (κ3) is 12.8. The minimum absolute atomic E-state index is 0.00880. The van der Waals surface area contributed by atoms with Crippen LogP contribution in [-0.4, -0.2) is 64.8 Å². The first-order valence-electron chi connectivity index (χ1n) is 17.8. The van der Waals surface area contributed by atoms with Crippen LogP contribution in [0.1, 0.15) is 63.8 Å². The largest absolute Gasteiger partial charge is 0.465 e. The zero-order valence-electron chi connectivity index (χ0n) is 30.2. The lowest BCUT2D eigenvalue weighted by Crippen LogP contribution is -2.57. The molecule has 52 heavy (non-hydrogen) atoms. The molecule has 0 aliphatic rings. The number of aromatic nitrogens is 1. The highest BCUT2D eigenvalue weighted by molar-refractivity contribution is 7.07. The molecule has 0 bridgehead atoms. The lowest BCUT2D eigenvalue weighted by atomic mass is 9.96. The number of esters is 1. The molecule has 0 radical (unpaired) electrons. The van der Waals surface area contributed by atoms with Gasteiger partial charge < -0.3 is 30.5 Å². The van der Waals surface area contributed by atoms with Gasteiger partial charge in [0.2, 0.25) is 11.8 Å². The number of carbonyl (C=O) groups excluding carboxylic acids is 4. The quantitative estimate of drug-likeness (QED) is 0.0892. The number of benzene rings is 3. The first-order valence-corrected chi connectivity index (χ1v) is 18.7. The molecule has 11 nitrogen and oxygen atoms in total. The molecule has 0 spiro atoms. The van der Waals surface area contributed by atoms with E-state index in [0.29, 0.717) is 12.1 Å². The zero-order chi connectivity index (χ0) is 37.5. The maximum Gasteiger partial charge on any atom is 0.408 e. The number of rotatable bonds is 19. The highest BCUT2D eigenvalue weighted by atomic mass is 32.1. The van der Waals surface area contributed by atoms with Gasteiger partial charge in [-0.1, -0.05) is 107 Å². The smallest absolute Gasteiger partial charge is 0.408 e. The van der Waals surface area contributed by atoms with Crippen LogP contribution in [-0.2, 0) is 43.3 Å². The van der Waals surface area contributed by atoms with Crippen molar-refractivity contribution in [2.24, 2.45) is 11.8 Å². The molecule has 0 aliphatic carbocycles. The average molecular weight is 731 g/mol. The highest BCUT2D eigenvalue weighted by Gasteiger charge is 2.32. The molecule has 4 N–H and O–H groups in total. The van der Waals surface area contributed by atoms with Gasteiger partial charge in [-0.25, -0.2) is 9.78 Å². The van der Waals surface area contributed by atoms with Gasteiger partial charge in [-0.15, -0.1) is 11.3 Å². The molecule has 1 aromatic heterocycles. The Morgan fingerprint density at radius 2 is 1.52 bits per heavy atom. The Balaban J connectivity index is 1.54. The minimum Gasteiger partial charge on any atom is -0.465 e. The summed E-state index contributed by atoms with van der Waals surface area (Å²) in [5, 5.41) is 23.3. The van der Waals surface area contributed by atoms with Gasteiger partial charge in [-0.2, -0.15) is 0 Å². The molecule has 0 saturated carbocycles. The first-order chi connectivity index (χ1) is 25.0. The van der Waals surface area contributed by atoms with Crippen LogP contribution >= 0.6 is 11.3 Å². The van der Waals surface area contributed by atoms with E-state index in [1.54, 1.807) is 10.9 Å². The monoisotopic (exact) mass is 730 g/mol. The molecule has 1 heterocycles. The number of amides is 3. The van der Waals surface area contributed by atoms with E-state index in [-0.39, 0.29) is 44.3 Å². The summed E-state index contributed by atoms with van der Waals surface area (Å²) in [5.74, 6) is -1.46. The third-order valence-electron chi connectivity index (χ3n) is 8.77. The normalized spacial score (nSPS) is 14.1. The van der Waals surface area contributed by atoms with Gasteiger partial charge >= 0.3 is 12.1 Å². The van der Waals surface area contributed by atoms with E-state index in [9.17, 15) is 24.3 Å². The number of ether oxygens (including phenoxy) is 2. The summed E-state index contributed by atoms with van der Waals surface area (Å²) in [7, 11) is 0. The van der Waals surface area contributed by atoms with E-state index < -0.39 is 48.1 Å². The Bertz CT molecular complexity index is 1730. The number of nitrogens with zero attached hydrogens (tertiary/aromatic N) is 1. The summed E-state index contributed by atoms with van der Waals surface area (Å²) >= 11 is 1.36. The molecule has 3 aromatic carbocycles. The van der Waals surface area contributed by atoms with Crippen LogP contribution in [0.5, 0.6) is 0 Å². The van der Waals surface area contributed by atoms with E-state index >= 15 is 0 Å².